The lowest BCUT2D eigenvalue weighted by atomic mass is 10.0. The summed E-state index contributed by atoms with van der Waals surface area (Å²) >= 11 is 0. The highest BCUT2D eigenvalue weighted by Crippen LogP contribution is 2.15. The van der Waals surface area contributed by atoms with Crippen LogP contribution in [0, 0.1) is 0 Å². The molecule has 1 atom stereocenters. The molecule has 1 aliphatic rings. The second-order valence-electron chi connectivity index (χ2n) is 3.74. The fourth-order valence-electron chi connectivity index (χ4n) is 1.67. The molecular formula is C8H16F2N2O. The number of β-amino-alcohol motifs (C(OH)–C–C–N with tert-alkyl or cyclic N) is 1. The zero-order chi connectivity index (χ0) is 9.90. The first-order valence-electron chi connectivity index (χ1n) is 4.42. The molecule has 2 N–H and O–H groups in total. The Morgan fingerprint density at radius 1 is 1.62 bits per heavy atom. The third-order valence-corrected chi connectivity index (χ3v) is 2.24. The molecule has 78 valence electrons. The van der Waals surface area contributed by atoms with Crippen molar-refractivity contribution < 1.29 is 13.9 Å². The summed E-state index contributed by atoms with van der Waals surface area (Å²) < 4.78 is 23.9. The molecule has 0 aromatic rings. The SMILES string of the molecule is CN(CC(F)F)CC1(O)CCNC1. The van der Waals surface area contributed by atoms with Crippen molar-refractivity contribution in [2.75, 3.05) is 33.2 Å². The number of hydrogen-bond acceptors (Lipinski definition) is 3. The zero-order valence-corrected chi connectivity index (χ0v) is 7.76. The Balaban J connectivity index is 2.29. The minimum Gasteiger partial charge on any atom is -0.387 e. The smallest absolute Gasteiger partial charge is 0.251 e. The highest BCUT2D eigenvalue weighted by atomic mass is 19.3. The number of hydrogen-bond donors (Lipinski definition) is 2. The number of halogens is 2. The quantitative estimate of drug-likeness (QED) is 0.656. The minimum absolute atomic E-state index is 0.275. The number of nitrogens with one attached hydrogen (secondary N) is 1. The van der Waals surface area contributed by atoms with Crippen LogP contribution in [0.5, 0.6) is 0 Å². The number of rotatable bonds is 4. The maximum absolute atomic E-state index is 11.9. The Kier molecular flexibility index (Phi) is 3.58. The van der Waals surface area contributed by atoms with Gasteiger partial charge in [0.2, 0.25) is 0 Å². The fourth-order valence-corrected chi connectivity index (χ4v) is 1.67. The predicted octanol–water partition coefficient (Wildman–Crippen LogP) is -0.0923. The van der Waals surface area contributed by atoms with Gasteiger partial charge in [-0.3, -0.25) is 4.90 Å². The van der Waals surface area contributed by atoms with E-state index < -0.39 is 12.0 Å². The summed E-state index contributed by atoms with van der Waals surface area (Å²) in [5, 5.41) is 12.8. The first-order chi connectivity index (χ1) is 6.02. The molecular weight excluding hydrogens is 178 g/mol. The van der Waals surface area contributed by atoms with Crippen molar-refractivity contribution in [1.29, 1.82) is 0 Å². The van der Waals surface area contributed by atoms with E-state index >= 15 is 0 Å². The molecule has 1 saturated heterocycles. The second-order valence-corrected chi connectivity index (χ2v) is 3.74. The van der Waals surface area contributed by atoms with Crippen molar-refractivity contribution in [3.63, 3.8) is 0 Å². The minimum atomic E-state index is -2.33. The van der Waals surface area contributed by atoms with E-state index in [4.69, 9.17) is 0 Å². The average molecular weight is 194 g/mol. The van der Waals surface area contributed by atoms with Gasteiger partial charge in [-0.2, -0.15) is 0 Å². The maximum Gasteiger partial charge on any atom is 0.251 e. The van der Waals surface area contributed by atoms with Crippen LogP contribution >= 0.6 is 0 Å². The average Bonchev–Trinajstić information content (AvgIpc) is 2.33. The highest BCUT2D eigenvalue weighted by molar-refractivity contribution is 4.89. The summed E-state index contributed by atoms with van der Waals surface area (Å²) in [7, 11) is 1.60. The number of aliphatic hydroxyl groups is 1. The highest BCUT2D eigenvalue weighted by Gasteiger charge is 2.32. The van der Waals surface area contributed by atoms with E-state index in [1.807, 2.05) is 0 Å². The van der Waals surface area contributed by atoms with E-state index in [0.717, 1.165) is 6.54 Å². The largest absolute Gasteiger partial charge is 0.387 e. The second kappa shape index (κ2) is 4.30. The van der Waals surface area contributed by atoms with Crippen LogP contribution in [0.1, 0.15) is 6.42 Å². The van der Waals surface area contributed by atoms with Gasteiger partial charge in [0.1, 0.15) is 0 Å². The molecule has 1 heterocycles. The van der Waals surface area contributed by atoms with Gasteiger partial charge in [0.05, 0.1) is 12.1 Å². The Morgan fingerprint density at radius 3 is 2.77 bits per heavy atom. The Morgan fingerprint density at radius 2 is 2.31 bits per heavy atom. The van der Waals surface area contributed by atoms with Gasteiger partial charge in [0.25, 0.3) is 6.43 Å². The summed E-state index contributed by atoms with van der Waals surface area (Å²) in [6.45, 7) is 1.30. The van der Waals surface area contributed by atoms with Gasteiger partial charge in [0, 0.05) is 13.1 Å². The van der Waals surface area contributed by atoms with Gasteiger partial charge in [-0.1, -0.05) is 0 Å². The monoisotopic (exact) mass is 194 g/mol. The van der Waals surface area contributed by atoms with Gasteiger partial charge in [-0.25, -0.2) is 8.78 Å². The third kappa shape index (κ3) is 3.54. The van der Waals surface area contributed by atoms with Crippen LogP contribution in [-0.4, -0.2) is 55.3 Å². The summed E-state index contributed by atoms with van der Waals surface area (Å²) in [6.07, 6.45) is -1.69. The molecule has 1 aliphatic heterocycles. The normalized spacial score (nSPS) is 29.1. The molecule has 0 saturated carbocycles. The van der Waals surface area contributed by atoms with Gasteiger partial charge in [0.15, 0.2) is 0 Å². The van der Waals surface area contributed by atoms with E-state index in [9.17, 15) is 13.9 Å². The van der Waals surface area contributed by atoms with E-state index in [-0.39, 0.29) is 6.54 Å². The van der Waals surface area contributed by atoms with Crippen LogP contribution in [0.25, 0.3) is 0 Å². The Hall–Kier alpha value is -0.260. The standard InChI is InChI=1S/C8H16F2N2O/c1-12(4-7(9)10)6-8(13)2-3-11-5-8/h7,11,13H,2-6H2,1H3. The lowest BCUT2D eigenvalue weighted by molar-refractivity contribution is 0.0101. The summed E-state index contributed by atoms with van der Waals surface area (Å²) in [6, 6.07) is 0. The molecule has 5 heteroatoms. The first-order valence-corrected chi connectivity index (χ1v) is 4.42. The van der Waals surface area contributed by atoms with E-state index in [1.165, 1.54) is 4.90 Å². The van der Waals surface area contributed by atoms with E-state index in [0.29, 0.717) is 19.5 Å². The van der Waals surface area contributed by atoms with Crippen LogP contribution in [0.3, 0.4) is 0 Å². The molecule has 0 bridgehead atoms. The summed E-state index contributed by atoms with van der Waals surface area (Å²) in [5.74, 6) is 0. The fraction of sp³-hybridized carbons (Fsp3) is 1.00. The number of alkyl halides is 2. The van der Waals surface area contributed by atoms with Crippen LogP contribution in [0.2, 0.25) is 0 Å². The van der Waals surface area contributed by atoms with Crippen LogP contribution in [-0.2, 0) is 0 Å². The van der Waals surface area contributed by atoms with Crippen LogP contribution < -0.4 is 5.32 Å². The van der Waals surface area contributed by atoms with Crippen molar-refractivity contribution in [3.05, 3.63) is 0 Å². The molecule has 1 rings (SSSR count). The molecule has 3 nitrogen and oxygen atoms in total. The van der Waals surface area contributed by atoms with Crippen molar-refractivity contribution in [3.8, 4) is 0 Å². The molecule has 0 spiro atoms. The topological polar surface area (TPSA) is 35.5 Å². The molecule has 0 aromatic carbocycles. The molecule has 0 aromatic heterocycles. The van der Waals surface area contributed by atoms with Gasteiger partial charge in [-0.15, -0.1) is 0 Å². The van der Waals surface area contributed by atoms with Crippen LogP contribution in [0.4, 0.5) is 8.78 Å². The third-order valence-electron chi connectivity index (χ3n) is 2.24. The molecule has 1 fully saturated rings. The lowest BCUT2D eigenvalue weighted by Crippen LogP contribution is -2.44. The van der Waals surface area contributed by atoms with Gasteiger partial charge >= 0.3 is 0 Å². The molecule has 13 heavy (non-hydrogen) atoms. The zero-order valence-electron chi connectivity index (χ0n) is 7.76. The van der Waals surface area contributed by atoms with Gasteiger partial charge < -0.3 is 10.4 Å². The summed E-state index contributed by atoms with van der Waals surface area (Å²) in [5.41, 5.74) is -0.816. The molecule has 1 unspecified atom stereocenters. The summed E-state index contributed by atoms with van der Waals surface area (Å²) in [4.78, 5) is 1.47. The lowest BCUT2D eigenvalue weighted by Gasteiger charge is -2.27. The van der Waals surface area contributed by atoms with Gasteiger partial charge in [-0.05, 0) is 20.0 Å². The molecule has 0 aliphatic carbocycles. The van der Waals surface area contributed by atoms with Crippen molar-refractivity contribution in [2.24, 2.45) is 0 Å². The Labute approximate surface area is 76.7 Å². The first kappa shape index (κ1) is 10.8. The number of likely N-dealkylation sites (N-methyl/N-ethyl adjacent to an activating group) is 1. The van der Waals surface area contributed by atoms with Crippen LogP contribution in [0.15, 0.2) is 0 Å². The Bertz CT molecular complexity index is 160. The molecule has 0 radical (unpaired) electrons. The van der Waals surface area contributed by atoms with E-state index in [1.54, 1.807) is 7.05 Å². The van der Waals surface area contributed by atoms with Crippen molar-refractivity contribution in [1.82, 2.24) is 10.2 Å². The van der Waals surface area contributed by atoms with E-state index in [2.05, 4.69) is 5.32 Å². The predicted molar refractivity (Wildman–Crippen MR) is 45.9 cm³/mol. The van der Waals surface area contributed by atoms with Crippen molar-refractivity contribution in [2.45, 2.75) is 18.4 Å². The molecule has 0 amide bonds. The van der Waals surface area contributed by atoms with Crippen molar-refractivity contribution >= 4 is 0 Å². The maximum atomic E-state index is 11.9. The number of nitrogens with zero attached hydrogens (tertiary/aromatic N) is 1.